The summed E-state index contributed by atoms with van der Waals surface area (Å²) in [6.45, 7) is 0.415. The maximum Gasteiger partial charge on any atom is 0.230 e. The van der Waals surface area contributed by atoms with Crippen LogP contribution in [0.5, 0.6) is 5.75 Å². The van der Waals surface area contributed by atoms with Gasteiger partial charge < -0.3 is 10.1 Å². The van der Waals surface area contributed by atoms with Crippen molar-refractivity contribution in [1.82, 2.24) is 19.7 Å². The molecule has 1 N–H and O–H groups in total. The quantitative estimate of drug-likeness (QED) is 0.320. The molecule has 3 aromatic carbocycles. The summed E-state index contributed by atoms with van der Waals surface area (Å²) in [4.78, 5) is 22.2. The van der Waals surface area contributed by atoms with Gasteiger partial charge in [-0.15, -0.1) is 0 Å². The lowest BCUT2D eigenvalue weighted by molar-refractivity contribution is -0.118. The number of benzene rings is 3. The van der Waals surface area contributed by atoms with Crippen LogP contribution in [0.3, 0.4) is 0 Å². The van der Waals surface area contributed by atoms with Gasteiger partial charge in [0.1, 0.15) is 11.4 Å². The Morgan fingerprint density at radius 2 is 1.71 bits per heavy atom. The van der Waals surface area contributed by atoms with Crippen LogP contribution in [-0.4, -0.2) is 33.1 Å². The number of ether oxygens (including phenoxy) is 1. The number of rotatable bonds is 6. The van der Waals surface area contributed by atoms with E-state index in [1.165, 1.54) is 11.8 Å². The van der Waals surface area contributed by atoms with E-state index < -0.39 is 0 Å². The summed E-state index contributed by atoms with van der Waals surface area (Å²) >= 11 is 1.41. The van der Waals surface area contributed by atoms with Gasteiger partial charge in [-0.25, -0.2) is 9.97 Å². The van der Waals surface area contributed by atoms with E-state index >= 15 is 0 Å². The van der Waals surface area contributed by atoms with Gasteiger partial charge in [-0.05, 0) is 30.3 Å². The van der Waals surface area contributed by atoms with Crippen molar-refractivity contribution in [3.8, 4) is 5.75 Å². The van der Waals surface area contributed by atoms with E-state index in [4.69, 9.17) is 14.7 Å². The van der Waals surface area contributed by atoms with Crippen LogP contribution in [0.25, 0.3) is 27.6 Å². The fourth-order valence-corrected chi connectivity index (χ4v) is 4.47. The maximum atomic E-state index is 12.6. The van der Waals surface area contributed by atoms with E-state index in [9.17, 15) is 4.79 Å². The first-order valence-corrected chi connectivity index (χ1v) is 10.9. The van der Waals surface area contributed by atoms with Crippen LogP contribution in [0, 0.1) is 0 Å². The maximum absolute atomic E-state index is 12.6. The summed E-state index contributed by atoms with van der Waals surface area (Å²) in [7, 11) is 1.63. The number of amides is 1. The minimum atomic E-state index is -0.0663. The minimum Gasteiger partial charge on any atom is -0.496 e. The second-order valence-electron chi connectivity index (χ2n) is 7.05. The molecule has 7 heteroatoms. The van der Waals surface area contributed by atoms with Crippen LogP contribution in [0.1, 0.15) is 5.56 Å². The Morgan fingerprint density at radius 3 is 2.58 bits per heavy atom. The van der Waals surface area contributed by atoms with Crippen molar-refractivity contribution in [3.05, 3.63) is 78.4 Å². The molecule has 0 aliphatic carbocycles. The Bertz CT molecular complexity index is 1410. The molecule has 0 aliphatic rings. The number of methoxy groups -OCH3 is 1. The average molecular weight is 429 g/mol. The molecule has 0 fully saturated rings. The van der Waals surface area contributed by atoms with Crippen molar-refractivity contribution in [2.45, 2.75) is 11.7 Å². The molecule has 0 aliphatic heterocycles. The van der Waals surface area contributed by atoms with E-state index in [2.05, 4.69) is 5.32 Å². The van der Waals surface area contributed by atoms with Crippen LogP contribution in [-0.2, 0) is 11.3 Å². The van der Waals surface area contributed by atoms with Gasteiger partial charge in [-0.3, -0.25) is 9.20 Å². The summed E-state index contributed by atoms with van der Waals surface area (Å²) in [6, 6.07) is 23.6. The molecule has 154 valence electrons. The van der Waals surface area contributed by atoms with Crippen molar-refractivity contribution in [3.63, 3.8) is 0 Å². The summed E-state index contributed by atoms with van der Waals surface area (Å²) in [5.74, 6) is 0.948. The van der Waals surface area contributed by atoms with Gasteiger partial charge >= 0.3 is 0 Å². The molecular formula is C24H20N4O2S. The zero-order chi connectivity index (χ0) is 21.2. The number of imidazole rings is 1. The number of hydrogen-bond acceptors (Lipinski definition) is 5. The van der Waals surface area contributed by atoms with Crippen molar-refractivity contribution in [1.29, 1.82) is 0 Å². The van der Waals surface area contributed by atoms with E-state index in [0.717, 1.165) is 44.1 Å². The fourth-order valence-electron chi connectivity index (χ4n) is 3.63. The van der Waals surface area contributed by atoms with Gasteiger partial charge in [0.25, 0.3) is 0 Å². The van der Waals surface area contributed by atoms with Gasteiger partial charge in [0, 0.05) is 17.5 Å². The number of carbonyl (C=O) groups excluding carboxylic acids is 1. The van der Waals surface area contributed by atoms with Gasteiger partial charge in [-0.1, -0.05) is 54.2 Å². The predicted molar refractivity (Wildman–Crippen MR) is 124 cm³/mol. The first-order chi connectivity index (χ1) is 15.2. The molecule has 0 saturated heterocycles. The molecule has 31 heavy (non-hydrogen) atoms. The zero-order valence-corrected chi connectivity index (χ0v) is 17.7. The molecule has 2 heterocycles. The molecule has 0 saturated carbocycles. The van der Waals surface area contributed by atoms with Gasteiger partial charge in [0.15, 0.2) is 5.16 Å². The lowest BCUT2D eigenvalue weighted by Gasteiger charge is -2.10. The van der Waals surface area contributed by atoms with Gasteiger partial charge in [0.2, 0.25) is 5.91 Å². The molecule has 1 amide bonds. The van der Waals surface area contributed by atoms with E-state index in [0.29, 0.717) is 6.54 Å². The largest absolute Gasteiger partial charge is 0.496 e. The van der Waals surface area contributed by atoms with Crippen LogP contribution in [0.4, 0.5) is 0 Å². The van der Waals surface area contributed by atoms with Gasteiger partial charge in [0.05, 0.1) is 29.4 Å². The lowest BCUT2D eigenvalue weighted by Crippen LogP contribution is -2.25. The third kappa shape index (κ3) is 3.68. The molecule has 0 unspecified atom stereocenters. The van der Waals surface area contributed by atoms with Crippen LogP contribution < -0.4 is 10.1 Å². The lowest BCUT2D eigenvalue weighted by atomic mass is 10.2. The van der Waals surface area contributed by atoms with Crippen molar-refractivity contribution >= 4 is 45.3 Å². The second kappa shape index (κ2) is 8.28. The third-order valence-corrected chi connectivity index (χ3v) is 6.05. The summed E-state index contributed by atoms with van der Waals surface area (Å²) < 4.78 is 7.39. The first-order valence-electron chi connectivity index (χ1n) is 9.92. The standard InChI is InChI=1S/C24H20N4O2S/c1-30-21-13-7-2-8-16(21)14-25-22(29)15-31-24-27-18-10-4-3-9-17(18)23-26-19-11-5-6-12-20(19)28(23)24/h2-13H,14-15H2,1H3,(H,25,29). The summed E-state index contributed by atoms with van der Waals surface area (Å²) in [5, 5.41) is 4.70. The first kappa shape index (κ1) is 19.4. The Labute approximate surface area is 183 Å². The normalized spacial score (nSPS) is 11.3. The molecule has 0 spiro atoms. The molecule has 5 rings (SSSR count). The van der Waals surface area contributed by atoms with Crippen molar-refractivity contribution in [2.75, 3.05) is 12.9 Å². The fraction of sp³-hybridized carbons (Fsp3) is 0.125. The topological polar surface area (TPSA) is 68.5 Å². The molecule has 2 aromatic heterocycles. The number of fused-ring (bicyclic) bond motifs is 5. The molecule has 0 bridgehead atoms. The number of aromatic nitrogens is 3. The summed E-state index contributed by atoms with van der Waals surface area (Å²) in [5.41, 5.74) is 4.54. The number of carbonyl (C=O) groups is 1. The highest BCUT2D eigenvalue weighted by atomic mass is 32.2. The number of hydrogen-bond donors (Lipinski definition) is 1. The monoisotopic (exact) mass is 428 g/mol. The van der Waals surface area contributed by atoms with Crippen molar-refractivity contribution in [2.24, 2.45) is 0 Å². The van der Waals surface area contributed by atoms with Crippen LogP contribution >= 0.6 is 11.8 Å². The number of para-hydroxylation sites is 4. The highest BCUT2D eigenvalue weighted by Gasteiger charge is 2.15. The highest BCUT2D eigenvalue weighted by Crippen LogP contribution is 2.28. The summed E-state index contributed by atoms with van der Waals surface area (Å²) in [6.07, 6.45) is 0. The second-order valence-corrected chi connectivity index (χ2v) is 7.99. The average Bonchev–Trinajstić information content (AvgIpc) is 3.21. The van der Waals surface area contributed by atoms with E-state index in [1.54, 1.807) is 7.11 Å². The van der Waals surface area contributed by atoms with Crippen LogP contribution in [0.15, 0.2) is 78.0 Å². The molecule has 0 radical (unpaired) electrons. The molecule has 5 aromatic rings. The Kier molecular flexibility index (Phi) is 5.18. The highest BCUT2D eigenvalue weighted by molar-refractivity contribution is 7.99. The third-order valence-electron chi connectivity index (χ3n) is 5.11. The Hall–Kier alpha value is -3.58. The Morgan fingerprint density at radius 1 is 0.968 bits per heavy atom. The van der Waals surface area contributed by atoms with E-state index in [-0.39, 0.29) is 11.7 Å². The minimum absolute atomic E-state index is 0.0663. The smallest absolute Gasteiger partial charge is 0.230 e. The van der Waals surface area contributed by atoms with Crippen molar-refractivity contribution < 1.29 is 9.53 Å². The zero-order valence-electron chi connectivity index (χ0n) is 16.9. The molecule has 0 atom stereocenters. The van der Waals surface area contributed by atoms with Crippen LogP contribution in [0.2, 0.25) is 0 Å². The number of nitrogens with one attached hydrogen (secondary N) is 1. The van der Waals surface area contributed by atoms with E-state index in [1.807, 2.05) is 77.2 Å². The molecule has 6 nitrogen and oxygen atoms in total. The number of thioether (sulfide) groups is 1. The SMILES string of the molecule is COc1ccccc1CNC(=O)CSc1nc2ccccc2c2nc3ccccc3n12. The van der Waals surface area contributed by atoms with Gasteiger partial charge in [-0.2, -0.15) is 0 Å². The predicted octanol–water partition coefficient (Wildman–Crippen LogP) is 4.45. The molecular weight excluding hydrogens is 408 g/mol. The Balaban J connectivity index is 1.42. The number of nitrogens with zero attached hydrogens (tertiary/aromatic N) is 3.